The Hall–Kier alpha value is -4.47. The predicted octanol–water partition coefficient (Wildman–Crippen LogP) is 2.35. The van der Waals surface area contributed by atoms with Crippen LogP contribution in [0.15, 0.2) is 66.7 Å². The van der Waals surface area contributed by atoms with Gasteiger partial charge < -0.3 is 19.7 Å². The molecule has 178 valence electrons. The summed E-state index contributed by atoms with van der Waals surface area (Å²) in [6, 6.07) is 20.4. The van der Waals surface area contributed by atoms with Gasteiger partial charge in [0.05, 0.1) is 19.6 Å². The number of rotatable bonds is 8. The van der Waals surface area contributed by atoms with Crippen molar-refractivity contribution in [3.8, 4) is 23.0 Å². The van der Waals surface area contributed by atoms with Crippen LogP contribution in [-0.4, -0.2) is 58.4 Å². The molecule has 3 heterocycles. The number of benzene rings is 2. The highest BCUT2D eigenvalue weighted by molar-refractivity contribution is 6.00. The molecule has 0 radical (unpaired) electrons. The van der Waals surface area contributed by atoms with Gasteiger partial charge in [-0.3, -0.25) is 9.59 Å². The second kappa shape index (κ2) is 9.80. The minimum atomic E-state index is -0.412. The number of hydrogen-bond donors (Lipinski definition) is 1. The van der Waals surface area contributed by atoms with E-state index in [4.69, 9.17) is 9.47 Å². The van der Waals surface area contributed by atoms with Gasteiger partial charge in [0.15, 0.2) is 11.5 Å². The quantitative estimate of drug-likeness (QED) is 0.392. The lowest BCUT2D eigenvalue weighted by Crippen LogP contribution is -2.35. The summed E-state index contributed by atoms with van der Waals surface area (Å²) in [6.07, 6.45) is 0.173. The zero-order valence-corrected chi connectivity index (χ0v) is 19.1. The molecule has 0 saturated carbocycles. The van der Waals surface area contributed by atoms with Gasteiger partial charge in [0.2, 0.25) is 17.7 Å². The van der Waals surface area contributed by atoms with Gasteiger partial charge in [-0.25, -0.2) is 0 Å². The second-order valence-electron chi connectivity index (χ2n) is 8.07. The van der Waals surface area contributed by atoms with E-state index in [1.165, 1.54) is 0 Å². The monoisotopic (exact) mass is 472 g/mol. The number of fused-ring (bicyclic) bond motifs is 1. The lowest BCUT2D eigenvalue weighted by Gasteiger charge is -2.17. The molecule has 1 atom stereocenters. The van der Waals surface area contributed by atoms with Gasteiger partial charge in [-0.2, -0.15) is 4.52 Å². The van der Waals surface area contributed by atoms with Crippen LogP contribution in [0.4, 0.5) is 5.69 Å². The first-order chi connectivity index (χ1) is 17.1. The first-order valence-corrected chi connectivity index (χ1v) is 11.2. The Labute approximate surface area is 201 Å². The smallest absolute Gasteiger partial charge is 0.231 e. The number of methoxy groups -OCH3 is 1. The van der Waals surface area contributed by atoms with Crippen molar-refractivity contribution in [3.05, 3.63) is 66.7 Å². The first-order valence-electron chi connectivity index (χ1n) is 11.2. The maximum absolute atomic E-state index is 12.6. The summed E-state index contributed by atoms with van der Waals surface area (Å²) < 4.78 is 12.5. The summed E-state index contributed by atoms with van der Waals surface area (Å²) in [6.45, 7) is 0.862. The predicted molar refractivity (Wildman–Crippen MR) is 128 cm³/mol. The molecule has 1 unspecified atom stereocenters. The van der Waals surface area contributed by atoms with Crippen LogP contribution in [0.25, 0.3) is 17.0 Å². The molecule has 5 rings (SSSR count). The molecule has 2 aromatic carbocycles. The van der Waals surface area contributed by atoms with Crippen molar-refractivity contribution in [2.75, 3.05) is 31.7 Å². The van der Waals surface area contributed by atoms with Crippen LogP contribution in [0.2, 0.25) is 0 Å². The second-order valence-corrected chi connectivity index (χ2v) is 8.07. The average molecular weight is 473 g/mol. The molecule has 0 spiro atoms. The largest absolute Gasteiger partial charge is 0.497 e. The molecule has 1 saturated heterocycles. The molecule has 1 N–H and O–H groups in total. The van der Waals surface area contributed by atoms with E-state index in [0.717, 1.165) is 11.3 Å². The molecule has 2 amide bonds. The normalized spacial score (nSPS) is 15.4. The molecule has 10 nitrogen and oxygen atoms in total. The van der Waals surface area contributed by atoms with Crippen molar-refractivity contribution >= 4 is 23.1 Å². The number of amides is 2. The van der Waals surface area contributed by atoms with Crippen LogP contribution >= 0.6 is 0 Å². The van der Waals surface area contributed by atoms with E-state index in [1.54, 1.807) is 40.8 Å². The Bertz CT molecular complexity index is 1340. The van der Waals surface area contributed by atoms with E-state index < -0.39 is 5.92 Å². The standard InChI is InChI=1S/C25H24N6O4/c1-34-20-9-7-19(8-10-20)30-16-18(15-23(30)32)25(33)26-13-14-35-22-12-11-21-27-28-24(31(21)29-22)17-5-3-2-4-6-17/h2-12,18H,13-16H2,1H3,(H,26,33). The lowest BCUT2D eigenvalue weighted by atomic mass is 10.1. The molecule has 0 bridgehead atoms. The van der Waals surface area contributed by atoms with Crippen LogP contribution in [0.1, 0.15) is 6.42 Å². The van der Waals surface area contributed by atoms with Gasteiger partial charge in [0, 0.05) is 30.3 Å². The highest BCUT2D eigenvalue weighted by atomic mass is 16.5. The fraction of sp³-hybridized carbons (Fsp3) is 0.240. The SMILES string of the molecule is COc1ccc(N2CC(C(=O)NCCOc3ccc4nnc(-c5ccccc5)n4n3)CC2=O)cc1. The number of carbonyl (C=O) groups is 2. The summed E-state index contributed by atoms with van der Waals surface area (Å²) in [5.41, 5.74) is 2.25. The van der Waals surface area contributed by atoms with Gasteiger partial charge in [-0.15, -0.1) is 15.3 Å². The van der Waals surface area contributed by atoms with E-state index in [9.17, 15) is 9.59 Å². The van der Waals surface area contributed by atoms with Crippen molar-refractivity contribution < 1.29 is 19.1 Å². The van der Waals surface area contributed by atoms with E-state index in [1.807, 2.05) is 42.5 Å². The third-order valence-corrected chi connectivity index (χ3v) is 5.80. The number of carbonyl (C=O) groups excluding carboxylic acids is 2. The highest BCUT2D eigenvalue weighted by Gasteiger charge is 2.35. The molecule has 35 heavy (non-hydrogen) atoms. The Morgan fingerprint density at radius 2 is 1.86 bits per heavy atom. The summed E-state index contributed by atoms with van der Waals surface area (Å²) in [4.78, 5) is 26.7. The van der Waals surface area contributed by atoms with Crippen molar-refractivity contribution in [2.24, 2.45) is 5.92 Å². The first kappa shape index (κ1) is 22.3. The number of nitrogens with one attached hydrogen (secondary N) is 1. The lowest BCUT2D eigenvalue weighted by molar-refractivity contribution is -0.126. The molecule has 1 aliphatic heterocycles. The van der Waals surface area contributed by atoms with Crippen molar-refractivity contribution in [1.29, 1.82) is 0 Å². The van der Waals surface area contributed by atoms with Crippen LogP contribution in [-0.2, 0) is 9.59 Å². The molecule has 1 aliphatic rings. The Morgan fingerprint density at radius 1 is 1.06 bits per heavy atom. The molecule has 4 aromatic rings. The van der Waals surface area contributed by atoms with Crippen LogP contribution in [0.5, 0.6) is 11.6 Å². The van der Waals surface area contributed by atoms with E-state index in [-0.39, 0.29) is 24.8 Å². The van der Waals surface area contributed by atoms with Crippen molar-refractivity contribution in [2.45, 2.75) is 6.42 Å². The van der Waals surface area contributed by atoms with Crippen molar-refractivity contribution in [3.63, 3.8) is 0 Å². The zero-order chi connectivity index (χ0) is 24.2. The number of anilines is 1. The Kier molecular flexibility index (Phi) is 6.25. The van der Waals surface area contributed by atoms with E-state index in [2.05, 4.69) is 20.6 Å². The van der Waals surface area contributed by atoms with Crippen LogP contribution in [0.3, 0.4) is 0 Å². The maximum Gasteiger partial charge on any atom is 0.231 e. The number of hydrogen-bond acceptors (Lipinski definition) is 7. The van der Waals surface area contributed by atoms with E-state index >= 15 is 0 Å². The number of ether oxygens (including phenoxy) is 2. The number of nitrogens with zero attached hydrogens (tertiary/aromatic N) is 5. The zero-order valence-electron chi connectivity index (χ0n) is 19.1. The van der Waals surface area contributed by atoms with Gasteiger partial charge in [0.25, 0.3) is 0 Å². The van der Waals surface area contributed by atoms with Gasteiger partial charge in [0.1, 0.15) is 12.4 Å². The van der Waals surface area contributed by atoms with Gasteiger partial charge in [-0.05, 0) is 30.3 Å². The third-order valence-electron chi connectivity index (χ3n) is 5.80. The Balaban J connectivity index is 1.14. The van der Waals surface area contributed by atoms with Crippen molar-refractivity contribution in [1.82, 2.24) is 25.1 Å². The van der Waals surface area contributed by atoms with E-state index in [0.29, 0.717) is 36.2 Å². The molecule has 0 aliphatic carbocycles. The fourth-order valence-electron chi connectivity index (χ4n) is 3.99. The average Bonchev–Trinajstić information content (AvgIpc) is 3.50. The topological polar surface area (TPSA) is 111 Å². The minimum absolute atomic E-state index is 0.0766. The van der Waals surface area contributed by atoms with Gasteiger partial charge >= 0.3 is 0 Å². The minimum Gasteiger partial charge on any atom is -0.497 e. The van der Waals surface area contributed by atoms with Crippen LogP contribution in [0, 0.1) is 5.92 Å². The summed E-state index contributed by atoms with van der Waals surface area (Å²) in [5.74, 6) is 1.06. The summed E-state index contributed by atoms with van der Waals surface area (Å²) >= 11 is 0. The Morgan fingerprint density at radius 3 is 2.63 bits per heavy atom. The maximum atomic E-state index is 12.6. The third kappa shape index (κ3) is 4.77. The summed E-state index contributed by atoms with van der Waals surface area (Å²) in [5, 5.41) is 15.7. The molecule has 2 aromatic heterocycles. The molecule has 1 fully saturated rings. The van der Waals surface area contributed by atoms with Gasteiger partial charge in [-0.1, -0.05) is 30.3 Å². The highest BCUT2D eigenvalue weighted by Crippen LogP contribution is 2.27. The number of aromatic nitrogens is 4. The molecule has 10 heteroatoms. The fourth-order valence-corrected chi connectivity index (χ4v) is 3.99. The molecular formula is C25H24N6O4. The van der Waals surface area contributed by atoms with Crippen LogP contribution < -0.4 is 19.7 Å². The summed E-state index contributed by atoms with van der Waals surface area (Å²) in [7, 11) is 1.59. The molecular weight excluding hydrogens is 448 g/mol.